The van der Waals surface area contributed by atoms with Crippen molar-refractivity contribution in [1.82, 2.24) is 9.29 Å². The molecule has 0 spiro atoms. The second kappa shape index (κ2) is 9.93. The molecule has 2 aromatic carbocycles. The van der Waals surface area contributed by atoms with Gasteiger partial charge in [-0.3, -0.25) is 4.79 Å². The molecule has 184 valence electrons. The lowest BCUT2D eigenvalue weighted by molar-refractivity contribution is -0.120. The fourth-order valence-corrected chi connectivity index (χ4v) is 6.16. The first-order valence-electron chi connectivity index (χ1n) is 12.0. The molecule has 1 aromatic heterocycles. The van der Waals surface area contributed by atoms with Gasteiger partial charge in [-0.1, -0.05) is 18.2 Å². The summed E-state index contributed by atoms with van der Waals surface area (Å²) in [6.45, 7) is 4.97. The number of rotatable bonds is 5. The number of benzene rings is 2. The smallest absolute Gasteiger partial charge is 0.243 e. The number of pyridine rings is 1. The summed E-state index contributed by atoms with van der Waals surface area (Å²) in [7, 11) is -3.56. The second-order valence-corrected chi connectivity index (χ2v) is 11.1. The van der Waals surface area contributed by atoms with Crippen LogP contribution < -0.4 is 10.2 Å². The van der Waals surface area contributed by atoms with Gasteiger partial charge < -0.3 is 15.0 Å². The van der Waals surface area contributed by atoms with E-state index in [0.717, 1.165) is 47.4 Å². The number of piperidine rings is 1. The molecule has 3 heterocycles. The highest BCUT2D eigenvalue weighted by Crippen LogP contribution is 2.27. The van der Waals surface area contributed by atoms with Crippen LogP contribution >= 0.6 is 0 Å². The van der Waals surface area contributed by atoms with E-state index in [2.05, 4.69) is 10.2 Å². The van der Waals surface area contributed by atoms with Gasteiger partial charge in [0.1, 0.15) is 5.82 Å². The van der Waals surface area contributed by atoms with Crippen molar-refractivity contribution >= 4 is 38.3 Å². The summed E-state index contributed by atoms with van der Waals surface area (Å²) in [5.41, 5.74) is 2.62. The summed E-state index contributed by atoms with van der Waals surface area (Å²) < 4.78 is 32.8. The van der Waals surface area contributed by atoms with E-state index < -0.39 is 10.0 Å². The van der Waals surface area contributed by atoms with Gasteiger partial charge in [0, 0.05) is 37.3 Å². The molecule has 0 saturated carbocycles. The average Bonchev–Trinajstić information content (AvgIpc) is 2.90. The third kappa shape index (κ3) is 5.03. The summed E-state index contributed by atoms with van der Waals surface area (Å²) in [5.74, 6) is 0.708. The van der Waals surface area contributed by atoms with Gasteiger partial charge in [-0.15, -0.1) is 0 Å². The van der Waals surface area contributed by atoms with Crippen LogP contribution in [-0.2, 0) is 19.6 Å². The van der Waals surface area contributed by atoms with Crippen molar-refractivity contribution in [1.29, 1.82) is 0 Å². The van der Waals surface area contributed by atoms with Gasteiger partial charge in [-0.2, -0.15) is 4.31 Å². The molecular formula is C26H30N4O4S. The molecule has 0 radical (unpaired) electrons. The minimum absolute atomic E-state index is 0.0303. The van der Waals surface area contributed by atoms with Crippen molar-refractivity contribution < 1.29 is 17.9 Å². The number of amides is 1. The Balaban J connectivity index is 1.32. The van der Waals surface area contributed by atoms with Crippen molar-refractivity contribution in [2.75, 3.05) is 49.6 Å². The van der Waals surface area contributed by atoms with Gasteiger partial charge in [0.15, 0.2) is 0 Å². The number of sulfonamides is 1. The largest absolute Gasteiger partial charge is 0.379 e. The van der Waals surface area contributed by atoms with E-state index in [1.807, 2.05) is 43.3 Å². The zero-order valence-corrected chi connectivity index (χ0v) is 20.6. The van der Waals surface area contributed by atoms with Crippen LogP contribution in [0.2, 0.25) is 0 Å². The molecule has 0 bridgehead atoms. The van der Waals surface area contributed by atoms with Gasteiger partial charge >= 0.3 is 0 Å². The van der Waals surface area contributed by atoms with Crippen LogP contribution in [0.3, 0.4) is 0 Å². The number of fused-ring (bicyclic) bond motifs is 1. The van der Waals surface area contributed by atoms with Crippen molar-refractivity contribution in [2.24, 2.45) is 5.92 Å². The molecule has 1 atom stereocenters. The zero-order valence-electron chi connectivity index (χ0n) is 19.8. The number of para-hydroxylation sites is 1. The molecule has 1 unspecified atom stereocenters. The number of hydrogen-bond donors (Lipinski definition) is 1. The first-order valence-corrected chi connectivity index (χ1v) is 13.5. The number of morpholine rings is 1. The third-order valence-electron chi connectivity index (χ3n) is 6.77. The molecular weight excluding hydrogens is 464 g/mol. The van der Waals surface area contributed by atoms with Crippen LogP contribution in [0.15, 0.2) is 59.5 Å². The van der Waals surface area contributed by atoms with Crippen LogP contribution in [-0.4, -0.2) is 63.0 Å². The number of carbonyl (C=O) groups is 1. The van der Waals surface area contributed by atoms with E-state index in [4.69, 9.17) is 9.72 Å². The fraction of sp³-hybridized carbons (Fsp3) is 0.385. The summed E-state index contributed by atoms with van der Waals surface area (Å²) in [4.78, 5) is 20.1. The molecule has 1 amide bonds. The quantitative estimate of drug-likeness (QED) is 0.584. The monoisotopic (exact) mass is 494 g/mol. The van der Waals surface area contributed by atoms with Crippen molar-refractivity contribution in [3.63, 3.8) is 0 Å². The zero-order chi connectivity index (χ0) is 24.4. The Bertz CT molecular complexity index is 1340. The predicted octanol–water partition coefficient (Wildman–Crippen LogP) is 3.42. The number of carbonyl (C=O) groups excluding carboxylic acids is 1. The standard InChI is InChI=1S/C26H30N4O4S/c1-19-5-2-3-7-23(19)28-26(31)21-6-4-12-29(18-21)25-11-8-20-17-22(9-10-24(20)27-25)35(32,33)30-13-15-34-16-14-30/h2-3,5,7-11,17,21H,4,6,12-16,18H2,1H3,(H,28,31). The summed E-state index contributed by atoms with van der Waals surface area (Å²) in [6.07, 6.45) is 1.74. The molecule has 2 aliphatic rings. The SMILES string of the molecule is Cc1ccccc1NC(=O)C1CCCN(c2ccc3cc(S(=O)(=O)N4CCOCC4)ccc3n2)C1. The van der Waals surface area contributed by atoms with Crippen LogP contribution in [0.5, 0.6) is 0 Å². The normalized spacial score (nSPS) is 19.6. The Morgan fingerprint density at radius 3 is 2.66 bits per heavy atom. The van der Waals surface area contributed by atoms with Crippen molar-refractivity contribution in [3.8, 4) is 0 Å². The first-order chi connectivity index (χ1) is 16.9. The first kappa shape index (κ1) is 23.7. The van der Waals surface area contributed by atoms with E-state index in [-0.39, 0.29) is 16.7 Å². The van der Waals surface area contributed by atoms with Crippen molar-refractivity contribution in [3.05, 3.63) is 60.2 Å². The molecule has 2 aliphatic heterocycles. The Hall–Kier alpha value is -3.01. The number of ether oxygens (including phenoxy) is 1. The van der Waals surface area contributed by atoms with Crippen LogP contribution in [0, 0.1) is 12.8 Å². The Labute approximate surface area is 205 Å². The Morgan fingerprint density at radius 2 is 1.86 bits per heavy atom. The van der Waals surface area contributed by atoms with Crippen LogP contribution in [0.25, 0.3) is 10.9 Å². The maximum Gasteiger partial charge on any atom is 0.243 e. The second-order valence-electron chi connectivity index (χ2n) is 9.13. The highest BCUT2D eigenvalue weighted by atomic mass is 32.2. The van der Waals surface area contributed by atoms with E-state index in [9.17, 15) is 13.2 Å². The predicted molar refractivity (Wildman–Crippen MR) is 136 cm³/mol. The lowest BCUT2D eigenvalue weighted by Crippen LogP contribution is -2.41. The summed E-state index contributed by atoms with van der Waals surface area (Å²) in [5, 5.41) is 3.85. The molecule has 0 aliphatic carbocycles. The molecule has 35 heavy (non-hydrogen) atoms. The van der Waals surface area contributed by atoms with E-state index in [0.29, 0.717) is 32.8 Å². The minimum atomic E-state index is -3.56. The van der Waals surface area contributed by atoms with Gasteiger partial charge in [0.2, 0.25) is 15.9 Å². The molecule has 8 nitrogen and oxygen atoms in total. The van der Waals surface area contributed by atoms with E-state index in [1.54, 1.807) is 18.2 Å². The van der Waals surface area contributed by atoms with E-state index >= 15 is 0 Å². The summed E-state index contributed by atoms with van der Waals surface area (Å²) >= 11 is 0. The van der Waals surface area contributed by atoms with Crippen LogP contribution in [0.4, 0.5) is 11.5 Å². The maximum absolute atomic E-state index is 13.0. The number of nitrogens with one attached hydrogen (secondary N) is 1. The number of aromatic nitrogens is 1. The molecule has 9 heteroatoms. The lowest BCUT2D eigenvalue weighted by atomic mass is 9.96. The average molecular weight is 495 g/mol. The van der Waals surface area contributed by atoms with Gasteiger partial charge in [0.25, 0.3) is 0 Å². The Morgan fingerprint density at radius 1 is 1.06 bits per heavy atom. The minimum Gasteiger partial charge on any atom is -0.379 e. The summed E-state index contributed by atoms with van der Waals surface area (Å²) in [6, 6.07) is 16.7. The molecule has 2 saturated heterocycles. The highest BCUT2D eigenvalue weighted by Gasteiger charge is 2.28. The topological polar surface area (TPSA) is 91.8 Å². The van der Waals surface area contributed by atoms with Gasteiger partial charge in [-0.25, -0.2) is 13.4 Å². The highest BCUT2D eigenvalue weighted by molar-refractivity contribution is 7.89. The number of aryl methyl sites for hydroxylation is 1. The number of hydrogen-bond acceptors (Lipinski definition) is 6. The van der Waals surface area contributed by atoms with Crippen molar-refractivity contribution in [2.45, 2.75) is 24.7 Å². The molecule has 5 rings (SSSR count). The number of nitrogens with zero attached hydrogens (tertiary/aromatic N) is 3. The van der Waals surface area contributed by atoms with Crippen LogP contribution in [0.1, 0.15) is 18.4 Å². The van der Waals surface area contributed by atoms with Gasteiger partial charge in [-0.05, 0) is 61.7 Å². The van der Waals surface area contributed by atoms with E-state index in [1.165, 1.54) is 4.31 Å². The molecule has 1 N–H and O–H groups in total. The Kier molecular flexibility index (Phi) is 6.73. The fourth-order valence-electron chi connectivity index (χ4n) is 4.71. The third-order valence-corrected chi connectivity index (χ3v) is 8.67. The van der Waals surface area contributed by atoms with Gasteiger partial charge in [0.05, 0.1) is 29.5 Å². The molecule has 3 aromatic rings. The number of anilines is 2. The lowest BCUT2D eigenvalue weighted by Gasteiger charge is -2.33. The maximum atomic E-state index is 13.0. The molecule has 2 fully saturated rings.